The van der Waals surface area contributed by atoms with Gasteiger partial charge < -0.3 is 10.7 Å². The first-order valence-corrected chi connectivity index (χ1v) is 6.01. The molecular weight excluding hydrogens is 274 g/mol. The molecule has 0 atom stereocenters. The predicted octanol–water partition coefficient (Wildman–Crippen LogP) is 2.00. The number of primary amides is 1. The van der Waals surface area contributed by atoms with Gasteiger partial charge in [-0.05, 0) is 0 Å². The number of H-pyrrole nitrogens is 1. The molecule has 2 aliphatic rings. The van der Waals surface area contributed by atoms with Gasteiger partial charge in [-0.1, -0.05) is 24.3 Å². The SMILES string of the molecule is N#Cc1nc2c(N=S)c3ccccc3c-2[nH]c1C(N)=O. The van der Waals surface area contributed by atoms with E-state index in [1.807, 2.05) is 30.3 Å². The van der Waals surface area contributed by atoms with Crippen molar-refractivity contribution >= 4 is 34.8 Å². The summed E-state index contributed by atoms with van der Waals surface area (Å²) in [5, 5.41) is 10.7. The number of nitrogens with one attached hydrogen (secondary N) is 1. The Bertz CT molecular complexity index is 876. The molecule has 0 aromatic heterocycles. The molecule has 0 radical (unpaired) electrons. The molecule has 1 aliphatic heterocycles. The van der Waals surface area contributed by atoms with Crippen molar-refractivity contribution in [3.8, 4) is 17.5 Å². The quantitative estimate of drug-likeness (QED) is 0.748. The third-order valence-corrected chi connectivity index (χ3v) is 3.25. The third-order valence-electron chi connectivity index (χ3n) is 3.07. The van der Waals surface area contributed by atoms with E-state index in [2.05, 4.69) is 14.3 Å². The van der Waals surface area contributed by atoms with Crippen LogP contribution in [0.4, 0.5) is 5.69 Å². The van der Waals surface area contributed by atoms with Crippen molar-refractivity contribution in [2.24, 2.45) is 10.1 Å². The van der Waals surface area contributed by atoms with E-state index in [0.717, 1.165) is 10.8 Å². The number of nitrogens with two attached hydrogens (primary N) is 1. The van der Waals surface area contributed by atoms with Gasteiger partial charge in [0.25, 0.3) is 5.91 Å². The lowest BCUT2D eigenvalue weighted by Gasteiger charge is -2.05. The van der Waals surface area contributed by atoms with Crippen LogP contribution in [0.3, 0.4) is 0 Å². The number of carbonyl (C=O) groups is 1. The molecule has 0 spiro atoms. The van der Waals surface area contributed by atoms with E-state index in [4.69, 9.17) is 23.4 Å². The zero-order chi connectivity index (χ0) is 14.3. The topological polar surface area (TPSA) is 108 Å². The Morgan fingerprint density at radius 3 is 2.70 bits per heavy atom. The van der Waals surface area contributed by atoms with Crippen LogP contribution in [0.2, 0.25) is 0 Å². The fourth-order valence-electron chi connectivity index (χ4n) is 2.22. The zero-order valence-electron chi connectivity index (χ0n) is 10.0. The van der Waals surface area contributed by atoms with E-state index < -0.39 is 5.91 Å². The Kier molecular flexibility index (Phi) is 2.66. The first kappa shape index (κ1) is 12.2. The third kappa shape index (κ3) is 1.56. The van der Waals surface area contributed by atoms with Crippen LogP contribution < -0.4 is 5.73 Å². The standard InChI is InChI=1S/C13H7N5OS/c14-5-8-11(13(15)19)17-9-6-3-1-2-4-7(6)10(18-20)12(9)16-8/h1-4,17H,(H2,15,19). The van der Waals surface area contributed by atoms with Gasteiger partial charge in [-0.15, -0.1) is 0 Å². The Labute approximate surface area is 118 Å². The summed E-state index contributed by atoms with van der Waals surface area (Å²) in [6.07, 6.45) is 0. The number of aromatic nitrogens is 2. The molecule has 0 bridgehead atoms. The molecule has 0 saturated carbocycles. The number of amides is 1. The number of nitriles is 1. The van der Waals surface area contributed by atoms with E-state index in [-0.39, 0.29) is 11.4 Å². The lowest BCUT2D eigenvalue weighted by atomic mass is 10.2. The summed E-state index contributed by atoms with van der Waals surface area (Å²) in [4.78, 5) is 18.4. The Morgan fingerprint density at radius 1 is 1.40 bits per heavy atom. The van der Waals surface area contributed by atoms with Crippen LogP contribution in [0.1, 0.15) is 16.2 Å². The fraction of sp³-hybridized carbons (Fsp3) is 0. The number of hydrogen-bond acceptors (Lipinski definition) is 5. The molecule has 20 heavy (non-hydrogen) atoms. The number of rotatable bonds is 2. The minimum Gasteiger partial charge on any atom is -0.364 e. The number of aromatic amines is 1. The zero-order valence-corrected chi connectivity index (χ0v) is 10.9. The predicted molar refractivity (Wildman–Crippen MR) is 75.4 cm³/mol. The maximum atomic E-state index is 11.4. The Balaban J connectivity index is 2.54. The molecule has 0 fully saturated rings. The van der Waals surface area contributed by atoms with Crippen molar-refractivity contribution in [2.45, 2.75) is 0 Å². The van der Waals surface area contributed by atoms with Gasteiger partial charge in [0.2, 0.25) is 0 Å². The number of benzene rings is 1. The highest BCUT2D eigenvalue weighted by Gasteiger charge is 2.23. The summed E-state index contributed by atoms with van der Waals surface area (Å²) in [6, 6.07) is 9.26. The normalized spacial score (nSPS) is 10.6. The van der Waals surface area contributed by atoms with Crippen LogP contribution in [0.5, 0.6) is 0 Å². The summed E-state index contributed by atoms with van der Waals surface area (Å²) in [5.41, 5.74) is 6.73. The van der Waals surface area contributed by atoms with Crippen LogP contribution in [0.25, 0.3) is 22.2 Å². The maximum absolute atomic E-state index is 11.4. The first-order chi connectivity index (χ1) is 9.67. The maximum Gasteiger partial charge on any atom is 0.268 e. The summed E-state index contributed by atoms with van der Waals surface area (Å²) < 4.78 is 3.81. The van der Waals surface area contributed by atoms with E-state index in [9.17, 15) is 4.79 Å². The van der Waals surface area contributed by atoms with Gasteiger partial charge >= 0.3 is 0 Å². The molecule has 1 heterocycles. The smallest absolute Gasteiger partial charge is 0.268 e. The average Bonchev–Trinajstić information content (AvgIpc) is 2.78. The second-order valence-electron chi connectivity index (χ2n) is 4.15. The van der Waals surface area contributed by atoms with E-state index >= 15 is 0 Å². The van der Waals surface area contributed by atoms with Gasteiger partial charge in [0.05, 0.1) is 5.69 Å². The lowest BCUT2D eigenvalue weighted by molar-refractivity contribution is 0.0995. The van der Waals surface area contributed by atoms with Crippen LogP contribution in [0, 0.1) is 11.3 Å². The molecule has 3 N–H and O–H groups in total. The van der Waals surface area contributed by atoms with E-state index in [0.29, 0.717) is 17.1 Å². The molecular formula is C13H7N5OS. The van der Waals surface area contributed by atoms with Gasteiger partial charge in [0.1, 0.15) is 23.1 Å². The van der Waals surface area contributed by atoms with Gasteiger partial charge in [-0.25, -0.2) is 4.98 Å². The minimum atomic E-state index is -0.738. The summed E-state index contributed by atoms with van der Waals surface area (Å²) in [6.45, 7) is 0. The molecule has 96 valence electrons. The van der Waals surface area contributed by atoms with Crippen LogP contribution in [0.15, 0.2) is 28.6 Å². The average molecular weight is 281 g/mol. The van der Waals surface area contributed by atoms with E-state index in [1.54, 1.807) is 0 Å². The Hall–Kier alpha value is -2.85. The molecule has 3 rings (SSSR count). The second-order valence-corrected chi connectivity index (χ2v) is 4.33. The highest BCUT2D eigenvalue weighted by Crippen LogP contribution is 2.42. The molecule has 0 unspecified atom stereocenters. The van der Waals surface area contributed by atoms with Crippen molar-refractivity contribution in [2.75, 3.05) is 0 Å². The van der Waals surface area contributed by atoms with Crippen molar-refractivity contribution in [3.05, 3.63) is 35.7 Å². The highest BCUT2D eigenvalue weighted by atomic mass is 32.1. The summed E-state index contributed by atoms with van der Waals surface area (Å²) in [5.74, 6) is -0.738. The molecule has 1 aliphatic carbocycles. The second kappa shape index (κ2) is 4.36. The van der Waals surface area contributed by atoms with Gasteiger partial charge in [0.15, 0.2) is 5.69 Å². The van der Waals surface area contributed by atoms with Crippen LogP contribution >= 0.6 is 0 Å². The first-order valence-electron chi connectivity index (χ1n) is 5.65. The number of hydrogen-bond donors (Lipinski definition) is 2. The van der Waals surface area contributed by atoms with Crippen LogP contribution in [-0.2, 0) is 12.4 Å². The largest absolute Gasteiger partial charge is 0.364 e. The molecule has 7 heteroatoms. The van der Waals surface area contributed by atoms with Gasteiger partial charge in [-0.3, -0.25) is 4.79 Å². The lowest BCUT2D eigenvalue weighted by Crippen LogP contribution is -2.17. The molecule has 1 amide bonds. The van der Waals surface area contributed by atoms with Crippen molar-refractivity contribution in [1.82, 2.24) is 9.97 Å². The van der Waals surface area contributed by atoms with Crippen molar-refractivity contribution in [1.29, 1.82) is 5.26 Å². The van der Waals surface area contributed by atoms with Crippen molar-refractivity contribution in [3.63, 3.8) is 0 Å². The van der Waals surface area contributed by atoms with E-state index in [1.165, 1.54) is 0 Å². The summed E-state index contributed by atoms with van der Waals surface area (Å²) in [7, 11) is 0. The molecule has 1 aromatic rings. The number of carbonyl (C=O) groups excluding carboxylic acids is 1. The monoisotopic (exact) mass is 281 g/mol. The molecule has 0 saturated heterocycles. The Morgan fingerprint density at radius 2 is 2.10 bits per heavy atom. The van der Waals surface area contributed by atoms with Crippen molar-refractivity contribution < 1.29 is 4.79 Å². The highest BCUT2D eigenvalue weighted by molar-refractivity contribution is 7.47. The minimum absolute atomic E-state index is 0.0216. The summed E-state index contributed by atoms with van der Waals surface area (Å²) >= 11 is 4.79. The molecule has 1 aromatic carbocycles. The molecule has 6 nitrogen and oxygen atoms in total. The number of nitrogens with zero attached hydrogens (tertiary/aromatic N) is 3. The van der Waals surface area contributed by atoms with Crippen LogP contribution in [-0.4, -0.2) is 15.9 Å². The number of fused-ring (bicyclic) bond motifs is 3. The van der Waals surface area contributed by atoms with Gasteiger partial charge in [0, 0.05) is 23.2 Å². The van der Waals surface area contributed by atoms with Gasteiger partial charge in [-0.2, -0.15) is 9.62 Å². The fourth-order valence-corrected chi connectivity index (χ4v) is 2.40.